The molecule has 0 aromatic carbocycles. The highest BCUT2D eigenvalue weighted by Gasteiger charge is 2.29. The number of nitrogens with zero attached hydrogens (tertiary/aromatic N) is 4. The quantitative estimate of drug-likeness (QED) is 0.844. The van der Waals surface area contributed by atoms with E-state index in [1.165, 1.54) is 12.8 Å². The predicted molar refractivity (Wildman–Crippen MR) is 98.3 cm³/mol. The van der Waals surface area contributed by atoms with E-state index in [-0.39, 0.29) is 12.0 Å². The molecule has 1 saturated carbocycles. The molecule has 0 unspecified atom stereocenters. The largest absolute Gasteiger partial charge is 0.490 e. The highest BCUT2D eigenvalue weighted by molar-refractivity contribution is 5.92. The summed E-state index contributed by atoms with van der Waals surface area (Å²) in [6.07, 6.45) is 11.9. The summed E-state index contributed by atoms with van der Waals surface area (Å²) >= 11 is 0. The molecule has 2 aromatic rings. The van der Waals surface area contributed by atoms with Crippen molar-refractivity contribution in [2.75, 3.05) is 13.1 Å². The van der Waals surface area contributed by atoms with Crippen LogP contribution >= 0.6 is 0 Å². The molecule has 1 amide bonds. The van der Waals surface area contributed by atoms with Crippen LogP contribution in [0.25, 0.3) is 0 Å². The third kappa shape index (κ3) is 3.45. The summed E-state index contributed by atoms with van der Waals surface area (Å²) in [6, 6.07) is 4.16. The minimum atomic E-state index is 0.105. The molecule has 0 N–H and O–H groups in total. The van der Waals surface area contributed by atoms with Gasteiger partial charge in [-0.05, 0) is 31.9 Å². The summed E-state index contributed by atoms with van der Waals surface area (Å²) in [6.45, 7) is 3.46. The molecule has 2 aliphatic rings. The number of aromatic nitrogens is 3. The van der Waals surface area contributed by atoms with Crippen LogP contribution in [0.5, 0.6) is 5.75 Å². The van der Waals surface area contributed by atoms with Gasteiger partial charge >= 0.3 is 0 Å². The normalized spacial score (nSPS) is 19.0. The van der Waals surface area contributed by atoms with E-state index >= 15 is 0 Å². The molecule has 0 bridgehead atoms. The number of rotatable bonds is 4. The van der Waals surface area contributed by atoms with Crippen molar-refractivity contribution in [3.63, 3.8) is 0 Å². The van der Waals surface area contributed by atoms with E-state index in [1.807, 2.05) is 34.8 Å². The molecule has 3 heterocycles. The molecular formula is C20H26N4O2. The van der Waals surface area contributed by atoms with Gasteiger partial charge in [0, 0.05) is 50.1 Å². The number of likely N-dealkylation sites (tertiary alicyclic amines) is 1. The van der Waals surface area contributed by atoms with Crippen LogP contribution < -0.4 is 4.74 Å². The van der Waals surface area contributed by atoms with Crippen molar-refractivity contribution in [2.24, 2.45) is 0 Å². The average molecular weight is 354 g/mol. The van der Waals surface area contributed by atoms with Gasteiger partial charge in [-0.1, -0.05) is 12.8 Å². The molecule has 2 fully saturated rings. The fourth-order valence-electron chi connectivity index (χ4n) is 4.03. The molecule has 0 atom stereocenters. The predicted octanol–water partition coefficient (Wildman–Crippen LogP) is 3.39. The van der Waals surface area contributed by atoms with E-state index in [0.29, 0.717) is 6.04 Å². The van der Waals surface area contributed by atoms with Crippen LogP contribution in [0.2, 0.25) is 0 Å². The molecular weight excluding hydrogens is 328 g/mol. The van der Waals surface area contributed by atoms with Gasteiger partial charge in [0.15, 0.2) is 0 Å². The maximum atomic E-state index is 13.0. The fraction of sp³-hybridized carbons (Fsp3) is 0.550. The fourth-order valence-corrected chi connectivity index (χ4v) is 4.03. The molecule has 138 valence electrons. The number of amides is 1. The Morgan fingerprint density at radius 3 is 2.62 bits per heavy atom. The first kappa shape index (κ1) is 17.1. The number of ether oxygens (including phenoxy) is 1. The second-order valence-corrected chi connectivity index (χ2v) is 7.35. The Balaban J connectivity index is 1.37. The van der Waals surface area contributed by atoms with Crippen LogP contribution in [0.1, 0.15) is 60.6 Å². The summed E-state index contributed by atoms with van der Waals surface area (Å²) in [5.41, 5.74) is 1.78. The summed E-state index contributed by atoms with van der Waals surface area (Å²) < 4.78 is 8.07. The zero-order valence-electron chi connectivity index (χ0n) is 15.3. The lowest BCUT2D eigenvalue weighted by atomic mass is 10.1. The van der Waals surface area contributed by atoms with Crippen LogP contribution in [0.3, 0.4) is 0 Å². The molecule has 0 spiro atoms. The molecule has 1 aliphatic heterocycles. The van der Waals surface area contributed by atoms with Crippen molar-refractivity contribution in [1.29, 1.82) is 0 Å². The second-order valence-electron chi connectivity index (χ2n) is 7.35. The molecule has 4 rings (SSSR count). The highest BCUT2D eigenvalue weighted by Crippen LogP contribution is 2.30. The molecule has 1 saturated heterocycles. The number of pyridine rings is 1. The Morgan fingerprint density at radius 2 is 1.88 bits per heavy atom. The lowest BCUT2D eigenvalue weighted by molar-refractivity contribution is 0.0580. The van der Waals surface area contributed by atoms with Crippen LogP contribution in [0.4, 0.5) is 0 Å². The van der Waals surface area contributed by atoms with E-state index in [2.05, 4.69) is 10.1 Å². The topological polar surface area (TPSA) is 60.2 Å². The van der Waals surface area contributed by atoms with Crippen molar-refractivity contribution in [3.8, 4) is 5.75 Å². The lowest BCUT2D eigenvalue weighted by Gasteiger charge is -2.32. The summed E-state index contributed by atoms with van der Waals surface area (Å²) in [5.74, 6) is 0.997. The number of hydrogen-bond acceptors (Lipinski definition) is 4. The van der Waals surface area contributed by atoms with Gasteiger partial charge in [-0.2, -0.15) is 5.10 Å². The van der Waals surface area contributed by atoms with Crippen molar-refractivity contribution in [1.82, 2.24) is 19.7 Å². The van der Waals surface area contributed by atoms with E-state index in [0.717, 1.165) is 55.8 Å². The third-order valence-electron chi connectivity index (χ3n) is 5.55. The molecule has 6 nitrogen and oxygen atoms in total. The number of carbonyl (C=O) groups excluding carboxylic acids is 1. The minimum absolute atomic E-state index is 0.105. The SMILES string of the molecule is Cc1cnccc1OC1CCN(C(=O)c2ccnn2C2CCCC2)CC1. The van der Waals surface area contributed by atoms with Crippen molar-refractivity contribution >= 4 is 5.91 Å². The Morgan fingerprint density at radius 1 is 1.12 bits per heavy atom. The summed E-state index contributed by atoms with van der Waals surface area (Å²) in [4.78, 5) is 19.0. The van der Waals surface area contributed by atoms with Gasteiger partial charge in [0.05, 0.1) is 6.04 Å². The van der Waals surface area contributed by atoms with Crippen molar-refractivity contribution in [2.45, 2.75) is 57.6 Å². The van der Waals surface area contributed by atoms with E-state index < -0.39 is 0 Å². The van der Waals surface area contributed by atoms with Gasteiger partial charge in [-0.3, -0.25) is 14.5 Å². The zero-order chi connectivity index (χ0) is 17.9. The smallest absolute Gasteiger partial charge is 0.272 e. The van der Waals surface area contributed by atoms with Gasteiger partial charge < -0.3 is 9.64 Å². The lowest BCUT2D eigenvalue weighted by Crippen LogP contribution is -2.42. The Bertz CT molecular complexity index is 759. The Labute approximate surface area is 154 Å². The first-order chi connectivity index (χ1) is 12.7. The van der Waals surface area contributed by atoms with Gasteiger partial charge in [0.1, 0.15) is 17.5 Å². The van der Waals surface area contributed by atoms with Gasteiger partial charge in [-0.15, -0.1) is 0 Å². The molecule has 1 aliphatic carbocycles. The number of piperidine rings is 1. The monoisotopic (exact) mass is 354 g/mol. The number of hydrogen-bond donors (Lipinski definition) is 0. The second kappa shape index (κ2) is 7.48. The zero-order valence-corrected chi connectivity index (χ0v) is 15.3. The van der Waals surface area contributed by atoms with Gasteiger partial charge in [0.25, 0.3) is 5.91 Å². The van der Waals surface area contributed by atoms with Crippen molar-refractivity contribution < 1.29 is 9.53 Å². The molecule has 26 heavy (non-hydrogen) atoms. The first-order valence-corrected chi connectivity index (χ1v) is 9.62. The van der Waals surface area contributed by atoms with E-state index in [4.69, 9.17) is 4.74 Å². The summed E-state index contributed by atoms with van der Waals surface area (Å²) in [7, 11) is 0. The van der Waals surface area contributed by atoms with Crippen LogP contribution in [-0.4, -0.2) is 44.8 Å². The Kier molecular flexibility index (Phi) is 4.91. The van der Waals surface area contributed by atoms with E-state index in [1.54, 1.807) is 12.4 Å². The van der Waals surface area contributed by atoms with Crippen LogP contribution in [-0.2, 0) is 0 Å². The maximum absolute atomic E-state index is 13.0. The number of carbonyl (C=O) groups is 1. The maximum Gasteiger partial charge on any atom is 0.272 e. The molecule has 0 radical (unpaired) electrons. The molecule has 2 aromatic heterocycles. The highest BCUT2D eigenvalue weighted by atomic mass is 16.5. The number of aryl methyl sites for hydroxylation is 1. The van der Waals surface area contributed by atoms with Gasteiger partial charge in [-0.25, -0.2) is 0 Å². The minimum Gasteiger partial charge on any atom is -0.490 e. The van der Waals surface area contributed by atoms with Gasteiger partial charge in [0.2, 0.25) is 0 Å². The van der Waals surface area contributed by atoms with Crippen LogP contribution in [0, 0.1) is 6.92 Å². The standard InChI is InChI=1S/C20H26N4O2/c1-15-14-21-10-7-19(15)26-17-8-12-23(13-9-17)20(25)18-6-11-22-24(18)16-4-2-3-5-16/h6-7,10-11,14,16-17H,2-5,8-9,12-13H2,1H3. The van der Waals surface area contributed by atoms with E-state index in [9.17, 15) is 4.79 Å². The first-order valence-electron chi connectivity index (χ1n) is 9.62. The third-order valence-corrected chi connectivity index (χ3v) is 5.55. The Hall–Kier alpha value is -2.37. The average Bonchev–Trinajstić information content (AvgIpc) is 3.35. The molecule has 6 heteroatoms. The summed E-state index contributed by atoms with van der Waals surface area (Å²) in [5, 5.41) is 4.43. The van der Waals surface area contributed by atoms with Crippen molar-refractivity contribution in [3.05, 3.63) is 42.0 Å². The van der Waals surface area contributed by atoms with Crippen LogP contribution in [0.15, 0.2) is 30.7 Å².